The van der Waals surface area contributed by atoms with Gasteiger partial charge in [0.25, 0.3) is 5.69 Å². The van der Waals surface area contributed by atoms with Crippen LogP contribution in [0.2, 0.25) is 0 Å². The summed E-state index contributed by atoms with van der Waals surface area (Å²) in [6.45, 7) is 1.61. The smallest absolute Gasteiger partial charge is 0.319 e. The van der Waals surface area contributed by atoms with Crippen LogP contribution in [-0.4, -0.2) is 48.4 Å². The van der Waals surface area contributed by atoms with Crippen LogP contribution in [0.5, 0.6) is 0 Å². The van der Waals surface area contributed by atoms with E-state index >= 15 is 0 Å². The molecule has 3 amide bonds. The molecule has 0 aliphatic carbocycles. The van der Waals surface area contributed by atoms with Gasteiger partial charge in [-0.15, -0.1) is 0 Å². The van der Waals surface area contributed by atoms with Gasteiger partial charge in [-0.2, -0.15) is 0 Å². The third kappa shape index (κ3) is 7.58. The number of esters is 1. The van der Waals surface area contributed by atoms with E-state index in [2.05, 4.69) is 16.0 Å². The first-order valence-corrected chi connectivity index (χ1v) is 10.4. The highest BCUT2D eigenvalue weighted by atomic mass is 16.6. The number of rotatable bonds is 11. The van der Waals surface area contributed by atoms with Gasteiger partial charge < -0.3 is 26.4 Å². The highest BCUT2D eigenvalue weighted by Gasteiger charge is 2.28. The number of hydrogen-bond acceptors (Lipinski definition) is 7. The Bertz CT molecular complexity index is 1060. The second kappa shape index (κ2) is 12.5. The number of amidine groups is 1. The van der Waals surface area contributed by atoms with Crippen molar-refractivity contribution in [1.82, 2.24) is 10.6 Å². The molecule has 0 spiro atoms. The van der Waals surface area contributed by atoms with Crippen molar-refractivity contribution in [3.63, 3.8) is 0 Å². The van der Waals surface area contributed by atoms with E-state index in [1.165, 1.54) is 18.2 Å². The maximum absolute atomic E-state index is 12.8. The Morgan fingerprint density at radius 2 is 1.79 bits per heavy atom. The number of hydrogen-bond donors (Lipinski definition) is 5. The maximum Gasteiger partial charge on any atom is 0.319 e. The van der Waals surface area contributed by atoms with Gasteiger partial charge in [-0.1, -0.05) is 18.2 Å². The third-order valence-electron chi connectivity index (χ3n) is 4.68. The largest absolute Gasteiger partial charge is 0.466 e. The monoisotopic (exact) mass is 470 g/mol. The van der Waals surface area contributed by atoms with Crippen LogP contribution in [0.25, 0.3) is 0 Å². The minimum Gasteiger partial charge on any atom is -0.466 e. The summed E-state index contributed by atoms with van der Waals surface area (Å²) in [5.41, 5.74) is 6.16. The van der Waals surface area contributed by atoms with Crippen LogP contribution >= 0.6 is 0 Å². The molecule has 180 valence electrons. The van der Waals surface area contributed by atoms with Crippen LogP contribution < -0.4 is 21.7 Å². The molecule has 34 heavy (non-hydrogen) atoms. The van der Waals surface area contributed by atoms with Crippen LogP contribution in [-0.2, 0) is 14.3 Å². The molecule has 12 heteroatoms. The Hall–Kier alpha value is -4.48. The summed E-state index contributed by atoms with van der Waals surface area (Å²) in [5, 5.41) is 26.5. The van der Waals surface area contributed by atoms with Gasteiger partial charge in [-0.05, 0) is 31.2 Å². The summed E-state index contributed by atoms with van der Waals surface area (Å²) in [5.74, 6) is -2.28. The van der Waals surface area contributed by atoms with E-state index in [0.717, 1.165) is 0 Å². The van der Waals surface area contributed by atoms with Gasteiger partial charge in [0.05, 0.1) is 23.9 Å². The van der Waals surface area contributed by atoms with Gasteiger partial charge in [-0.25, -0.2) is 4.79 Å². The van der Waals surface area contributed by atoms with E-state index in [9.17, 15) is 24.5 Å². The predicted octanol–water partition coefficient (Wildman–Crippen LogP) is 1.85. The Morgan fingerprint density at radius 3 is 2.41 bits per heavy atom. The molecule has 0 radical (unpaired) electrons. The fraction of sp³-hybridized carbons (Fsp3) is 0.273. The van der Waals surface area contributed by atoms with Crippen molar-refractivity contribution in [2.75, 3.05) is 25.0 Å². The quantitative estimate of drug-likeness (QED) is 0.109. The SMILES string of the molecule is CCOC(=O)CCNC(=O)C(CNC(=O)Nc1ccc(C(=N)N)cc1)c1ccccc1[N+](=O)[O-]. The zero-order chi connectivity index (χ0) is 25.1. The van der Waals surface area contributed by atoms with E-state index in [-0.39, 0.29) is 43.2 Å². The van der Waals surface area contributed by atoms with E-state index in [1.807, 2.05) is 0 Å². The van der Waals surface area contributed by atoms with Gasteiger partial charge in [0.1, 0.15) is 5.84 Å². The number of ether oxygens (including phenoxy) is 1. The number of benzene rings is 2. The minimum atomic E-state index is -1.09. The van der Waals surface area contributed by atoms with Gasteiger partial charge in [0, 0.05) is 36.0 Å². The molecule has 0 saturated heterocycles. The van der Waals surface area contributed by atoms with Gasteiger partial charge >= 0.3 is 12.0 Å². The van der Waals surface area contributed by atoms with Crippen LogP contribution in [0, 0.1) is 15.5 Å². The van der Waals surface area contributed by atoms with Gasteiger partial charge in [0.15, 0.2) is 0 Å². The predicted molar refractivity (Wildman–Crippen MR) is 125 cm³/mol. The van der Waals surface area contributed by atoms with Crippen LogP contribution in [0.1, 0.15) is 30.4 Å². The van der Waals surface area contributed by atoms with Crippen molar-refractivity contribution in [3.8, 4) is 0 Å². The van der Waals surface area contributed by atoms with Crippen molar-refractivity contribution in [1.29, 1.82) is 5.41 Å². The molecule has 2 aromatic carbocycles. The molecule has 0 aliphatic rings. The first-order chi connectivity index (χ1) is 16.2. The first kappa shape index (κ1) is 25.8. The second-order valence-corrected chi connectivity index (χ2v) is 7.04. The van der Waals surface area contributed by atoms with E-state index in [1.54, 1.807) is 37.3 Å². The molecular formula is C22H26N6O6. The average molecular weight is 470 g/mol. The number of carbonyl (C=O) groups is 3. The number of carbonyl (C=O) groups excluding carboxylic acids is 3. The number of nitrogens with one attached hydrogen (secondary N) is 4. The zero-order valence-electron chi connectivity index (χ0n) is 18.5. The molecule has 1 atom stereocenters. The topological polar surface area (TPSA) is 190 Å². The fourth-order valence-corrected chi connectivity index (χ4v) is 3.04. The van der Waals surface area contributed by atoms with Gasteiger partial charge in [0.2, 0.25) is 5.91 Å². The zero-order valence-corrected chi connectivity index (χ0v) is 18.5. The highest BCUT2D eigenvalue weighted by molar-refractivity contribution is 5.96. The van der Waals surface area contributed by atoms with Crippen LogP contribution in [0.3, 0.4) is 0 Å². The molecule has 0 aliphatic heterocycles. The molecular weight excluding hydrogens is 444 g/mol. The molecule has 0 saturated carbocycles. The number of nitrogens with two attached hydrogens (primary N) is 1. The van der Waals surface area contributed by atoms with Crippen molar-refractivity contribution < 1.29 is 24.0 Å². The van der Waals surface area contributed by atoms with Gasteiger partial charge in [-0.3, -0.25) is 25.1 Å². The lowest BCUT2D eigenvalue weighted by molar-refractivity contribution is -0.385. The summed E-state index contributed by atoms with van der Waals surface area (Å²) in [6, 6.07) is 11.3. The maximum atomic E-state index is 12.8. The summed E-state index contributed by atoms with van der Waals surface area (Å²) in [7, 11) is 0. The van der Waals surface area contributed by atoms with Crippen LogP contribution in [0.15, 0.2) is 48.5 Å². The van der Waals surface area contributed by atoms with Crippen molar-refractivity contribution in [2.45, 2.75) is 19.3 Å². The summed E-state index contributed by atoms with van der Waals surface area (Å²) in [6.07, 6.45) is -0.0621. The number of nitro benzene ring substituents is 1. The first-order valence-electron chi connectivity index (χ1n) is 10.4. The van der Waals surface area contributed by atoms with Crippen molar-refractivity contribution >= 4 is 35.1 Å². The Labute approximate surface area is 195 Å². The number of nitrogen functional groups attached to an aromatic ring is 1. The average Bonchev–Trinajstić information content (AvgIpc) is 2.80. The number of anilines is 1. The lowest BCUT2D eigenvalue weighted by Crippen LogP contribution is -2.39. The minimum absolute atomic E-state index is 0.0243. The Morgan fingerprint density at radius 1 is 1.12 bits per heavy atom. The summed E-state index contributed by atoms with van der Waals surface area (Å²) in [4.78, 5) is 47.6. The molecule has 1 unspecified atom stereocenters. The number of nitrogens with zero attached hydrogens (tertiary/aromatic N) is 1. The number of para-hydroxylation sites is 1. The summed E-state index contributed by atoms with van der Waals surface area (Å²) >= 11 is 0. The molecule has 2 rings (SSSR count). The lowest BCUT2D eigenvalue weighted by Gasteiger charge is -2.18. The molecule has 6 N–H and O–H groups in total. The van der Waals surface area contributed by atoms with E-state index in [4.69, 9.17) is 15.9 Å². The third-order valence-corrected chi connectivity index (χ3v) is 4.68. The normalized spacial score (nSPS) is 11.1. The number of nitro groups is 1. The highest BCUT2D eigenvalue weighted by Crippen LogP contribution is 2.26. The second-order valence-electron chi connectivity index (χ2n) is 7.04. The summed E-state index contributed by atoms with van der Waals surface area (Å²) < 4.78 is 4.81. The number of urea groups is 1. The molecule has 0 fully saturated rings. The number of amides is 3. The molecule has 2 aromatic rings. The Balaban J connectivity index is 2.10. The van der Waals surface area contributed by atoms with Crippen LogP contribution in [0.4, 0.5) is 16.2 Å². The lowest BCUT2D eigenvalue weighted by atomic mass is 9.96. The van der Waals surface area contributed by atoms with E-state index < -0.39 is 28.7 Å². The van der Waals surface area contributed by atoms with Crippen molar-refractivity contribution in [2.24, 2.45) is 5.73 Å². The Kier molecular flexibility index (Phi) is 9.50. The molecule has 0 aromatic heterocycles. The fourth-order valence-electron chi connectivity index (χ4n) is 3.04. The molecule has 0 heterocycles. The standard InChI is InChI=1S/C22H26N6O6/c1-2-34-19(29)11-12-25-21(30)17(16-5-3-4-6-18(16)28(32)33)13-26-22(31)27-15-9-7-14(8-10-15)20(23)24/h3-10,17H,2,11-13H2,1H3,(H3,23,24)(H,25,30)(H2,26,27,31). The van der Waals surface area contributed by atoms with E-state index in [0.29, 0.717) is 11.3 Å². The van der Waals surface area contributed by atoms with Crippen molar-refractivity contribution in [3.05, 3.63) is 69.8 Å². The molecule has 12 nitrogen and oxygen atoms in total. The molecule has 0 bridgehead atoms.